The van der Waals surface area contributed by atoms with E-state index >= 15 is 0 Å². The van der Waals surface area contributed by atoms with Gasteiger partial charge in [-0.15, -0.1) is 0 Å². The van der Waals surface area contributed by atoms with Gasteiger partial charge in [-0.05, 0) is 43.4 Å². The Balaban J connectivity index is 2.04. The summed E-state index contributed by atoms with van der Waals surface area (Å²) in [4.78, 5) is 16.3. The van der Waals surface area contributed by atoms with Crippen molar-refractivity contribution in [2.24, 2.45) is 0 Å². The van der Waals surface area contributed by atoms with Crippen LogP contribution in [0.25, 0.3) is 0 Å². The second-order valence-electron chi connectivity index (χ2n) is 7.38. The van der Waals surface area contributed by atoms with Crippen LogP contribution in [-0.2, 0) is 6.18 Å². The third-order valence-corrected chi connectivity index (χ3v) is 5.87. The first-order chi connectivity index (χ1) is 14.4. The van der Waals surface area contributed by atoms with Crippen LogP contribution >= 0.6 is 23.2 Å². The molecule has 1 aromatic heterocycles. The summed E-state index contributed by atoms with van der Waals surface area (Å²) in [6.07, 6.45) is -5.54. The van der Waals surface area contributed by atoms with Gasteiger partial charge in [0, 0.05) is 6.20 Å². The molecular weight excluding hydrogens is 466 g/mol. The van der Waals surface area contributed by atoms with E-state index in [1.807, 2.05) is 0 Å². The first kappa shape index (κ1) is 23.7. The van der Waals surface area contributed by atoms with Crippen molar-refractivity contribution in [2.75, 3.05) is 0 Å². The highest BCUT2D eigenvalue weighted by Gasteiger charge is 2.44. The van der Waals surface area contributed by atoms with Crippen LogP contribution in [0, 0.1) is 5.82 Å². The fourth-order valence-corrected chi connectivity index (χ4v) is 4.04. The van der Waals surface area contributed by atoms with E-state index in [9.17, 15) is 31.9 Å². The zero-order chi connectivity index (χ0) is 23.0. The maximum Gasteiger partial charge on any atom is 0.418 e. The lowest BCUT2D eigenvalue weighted by molar-refractivity contribution is -0.138. The van der Waals surface area contributed by atoms with Gasteiger partial charge in [0.25, 0.3) is 5.91 Å². The van der Waals surface area contributed by atoms with E-state index in [0.29, 0.717) is 6.07 Å². The van der Waals surface area contributed by atoms with Crippen molar-refractivity contribution < 1.29 is 31.9 Å². The number of pyridine rings is 1. The minimum absolute atomic E-state index is 0.0389. The molecule has 2 N–H and O–H groups in total. The lowest BCUT2D eigenvalue weighted by Crippen LogP contribution is -2.49. The Morgan fingerprint density at radius 1 is 1.26 bits per heavy atom. The number of carbonyl (C=O) groups is 1. The second-order valence-corrected chi connectivity index (χ2v) is 8.19. The first-order valence-corrected chi connectivity index (χ1v) is 10.0. The summed E-state index contributed by atoms with van der Waals surface area (Å²) in [5, 5.41) is 12.7. The molecule has 0 spiro atoms. The maximum atomic E-state index is 14.1. The molecule has 1 aromatic carbocycles. The number of benzene rings is 1. The van der Waals surface area contributed by atoms with Gasteiger partial charge in [-0.2, -0.15) is 13.2 Å². The Hall–Kier alpha value is -1.97. The van der Waals surface area contributed by atoms with Crippen LogP contribution in [0.5, 0.6) is 0 Å². The van der Waals surface area contributed by atoms with Crippen molar-refractivity contribution >= 4 is 29.1 Å². The maximum absolute atomic E-state index is 14.1. The number of hydrogen-bond donors (Lipinski definition) is 2. The van der Waals surface area contributed by atoms with E-state index < -0.39 is 52.0 Å². The third-order valence-electron chi connectivity index (χ3n) is 5.26. The molecule has 31 heavy (non-hydrogen) atoms. The van der Waals surface area contributed by atoms with E-state index in [1.165, 1.54) is 12.1 Å². The van der Waals surface area contributed by atoms with Crippen LogP contribution in [0.1, 0.15) is 53.3 Å². The quantitative estimate of drug-likeness (QED) is 0.552. The predicted molar refractivity (Wildman–Crippen MR) is 104 cm³/mol. The first-order valence-electron chi connectivity index (χ1n) is 9.26. The molecular formula is C20H17Cl2F5N2O2. The van der Waals surface area contributed by atoms with E-state index in [2.05, 4.69) is 10.3 Å². The van der Waals surface area contributed by atoms with E-state index in [4.69, 9.17) is 23.2 Å². The monoisotopic (exact) mass is 482 g/mol. The van der Waals surface area contributed by atoms with Gasteiger partial charge in [0.15, 0.2) is 0 Å². The average molecular weight is 483 g/mol. The van der Waals surface area contributed by atoms with Crippen LogP contribution in [0.4, 0.5) is 22.0 Å². The molecule has 1 atom stereocenters. The van der Waals surface area contributed by atoms with Crippen molar-refractivity contribution in [2.45, 2.75) is 49.7 Å². The summed E-state index contributed by atoms with van der Waals surface area (Å²) in [7, 11) is 0. The summed E-state index contributed by atoms with van der Waals surface area (Å²) in [6, 6.07) is 2.80. The Morgan fingerprint density at radius 3 is 2.52 bits per heavy atom. The topological polar surface area (TPSA) is 62.2 Å². The fourth-order valence-electron chi connectivity index (χ4n) is 3.65. The summed E-state index contributed by atoms with van der Waals surface area (Å²) in [5.41, 5.74) is -4.16. The Kier molecular flexibility index (Phi) is 6.78. The highest BCUT2D eigenvalue weighted by atomic mass is 35.5. The molecule has 1 heterocycles. The zero-order valence-electron chi connectivity index (χ0n) is 15.8. The molecule has 0 radical (unpaired) electrons. The second kappa shape index (κ2) is 8.88. The number of aliphatic hydroxyl groups is 1. The molecule has 0 aliphatic heterocycles. The molecule has 1 aliphatic carbocycles. The SMILES string of the molecule is O=C(NC(c1cccc(F)c1Cl)C1(O)CCC(F)CC1)c1ncc(Cl)cc1C(F)(F)F. The van der Waals surface area contributed by atoms with Crippen molar-refractivity contribution in [1.29, 1.82) is 0 Å². The minimum atomic E-state index is -4.93. The number of aromatic nitrogens is 1. The van der Waals surface area contributed by atoms with Gasteiger partial charge < -0.3 is 10.4 Å². The van der Waals surface area contributed by atoms with Crippen LogP contribution in [0.2, 0.25) is 10.0 Å². The van der Waals surface area contributed by atoms with Crippen LogP contribution < -0.4 is 5.32 Å². The van der Waals surface area contributed by atoms with Gasteiger partial charge in [0.1, 0.15) is 17.7 Å². The number of nitrogens with one attached hydrogen (secondary N) is 1. The van der Waals surface area contributed by atoms with Crippen LogP contribution in [0.15, 0.2) is 30.5 Å². The van der Waals surface area contributed by atoms with Crippen molar-refractivity contribution in [1.82, 2.24) is 10.3 Å². The molecule has 1 aliphatic rings. The Bertz CT molecular complexity index is 979. The summed E-state index contributed by atoms with van der Waals surface area (Å²) in [6.45, 7) is 0. The van der Waals surface area contributed by atoms with Gasteiger partial charge in [-0.1, -0.05) is 35.3 Å². The van der Waals surface area contributed by atoms with Gasteiger partial charge in [0.05, 0.1) is 27.3 Å². The number of alkyl halides is 4. The number of halogens is 7. The molecule has 1 unspecified atom stereocenters. The molecule has 11 heteroatoms. The molecule has 168 valence electrons. The molecule has 0 bridgehead atoms. The van der Waals surface area contributed by atoms with Gasteiger partial charge in [0.2, 0.25) is 0 Å². The third kappa shape index (κ3) is 5.10. The minimum Gasteiger partial charge on any atom is -0.387 e. The summed E-state index contributed by atoms with van der Waals surface area (Å²) < 4.78 is 67.9. The molecule has 3 rings (SSSR count). The lowest BCUT2D eigenvalue weighted by atomic mass is 9.76. The molecule has 1 amide bonds. The molecule has 2 aromatic rings. The van der Waals surface area contributed by atoms with Crippen LogP contribution in [-0.4, -0.2) is 27.8 Å². The Labute approximate surface area is 184 Å². The lowest BCUT2D eigenvalue weighted by Gasteiger charge is -2.41. The number of hydrogen-bond acceptors (Lipinski definition) is 3. The van der Waals surface area contributed by atoms with Crippen molar-refractivity contribution in [3.63, 3.8) is 0 Å². The normalized spacial score (nSPS) is 22.8. The van der Waals surface area contributed by atoms with E-state index in [1.54, 1.807) is 0 Å². The zero-order valence-corrected chi connectivity index (χ0v) is 17.3. The van der Waals surface area contributed by atoms with Gasteiger partial charge >= 0.3 is 6.18 Å². The standard InChI is InChI=1S/C20H17Cl2F5N2O2/c21-10-8-13(20(25,26)27)16(28-9-10)18(30)29-17(12-2-1-3-14(24)15(12)22)19(31)6-4-11(23)5-7-19/h1-3,8-9,11,17,31H,4-7H2,(H,29,30). The molecule has 0 saturated heterocycles. The smallest absolute Gasteiger partial charge is 0.387 e. The largest absolute Gasteiger partial charge is 0.418 e. The van der Waals surface area contributed by atoms with E-state index in [0.717, 1.165) is 12.3 Å². The van der Waals surface area contributed by atoms with E-state index in [-0.39, 0.29) is 36.3 Å². The van der Waals surface area contributed by atoms with Crippen LogP contribution in [0.3, 0.4) is 0 Å². The summed E-state index contributed by atoms with van der Waals surface area (Å²) >= 11 is 11.6. The van der Waals surface area contributed by atoms with Crippen molar-refractivity contribution in [3.8, 4) is 0 Å². The summed E-state index contributed by atoms with van der Waals surface area (Å²) in [5.74, 6) is -2.12. The number of nitrogens with zero attached hydrogens (tertiary/aromatic N) is 1. The highest BCUT2D eigenvalue weighted by Crippen LogP contribution is 2.42. The number of rotatable bonds is 4. The van der Waals surface area contributed by atoms with Gasteiger partial charge in [-0.25, -0.2) is 13.8 Å². The predicted octanol–water partition coefficient (Wildman–Crippen LogP) is 5.66. The molecule has 4 nitrogen and oxygen atoms in total. The number of amides is 1. The van der Waals surface area contributed by atoms with Gasteiger partial charge in [-0.3, -0.25) is 4.79 Å². The fraction of sp³-hybridized carbons (Fsp3) is 0.400. The Morgan fingerprint density at radius 2 is 1.90 bits per heavy atom. The molecule has 1 fully saturated rings. The molecule has 1 saturated carbocycles. The highest BCUT2D eigenvalue weighted by molar-refractivity contribution is 6.31. The van der Waals surface area contributed by atoms with Crippen molar-refractivity contribution in [3.05, 3.63) is 63.1 Å². The average Bonchev–Trinajstić information content (AvgIpc) is 2.70. The number of carbonyl (C=O) groups excluding carboxylic acids is 1.